The zero-order valence-corrected chi connectivity index (χ0v) is 11.8. The van der Waals surface area contributed by atoms with Gasteiger partial charge >= 0.3 is 0 Å². The summed E-state index contributed by atoms with van der Waals surface area (Å²) in [6.07, 6.45) is 1.07. The van der Waals surface area contributed by atoms with Crippen LogP contribution in [-0.4, -0.2) is 52.6 Å². The van der Waals surface area contributed by atoms with Crippen LogP contribution in [0, 0.1) is 5.92 Å². The smallest absolute Gasteiger partial charge is 0.281 e. The first-order chi connectivity index (χ1) is 8.52. The van der Waals surface area contributed by atoms with Gasteiger partial charge in [0.1, 0.15) is 0 Å². The molecule has 18 heavy (non-hydrogen) atoms. The first kappa shape index (κ1) is 15.3. The van der Waals surface area contributed by atoms with Crippen molar-refractivity contribution in [3.05, 3.63) is 0 Å². The molecule has 0 bridgehead atoms. The Kier molecular flexibility index (Phi) is 6.49. The monoisotopic (exact) mass is 274 g/mol. The number of thioether (sulfide) groups is 1. The Morgan fingerprint density at radius 2 is 2.28 bits per heavy atom. The summed E-state index contributed by atoms with van der Waals surface area (Å²) in [4.78, 5) is 24.7. The minimum Gasteiger partial charge on any atom is -0.394 e. The minimum absolute atomic E-state index is 0.0393. The fourth-order valence-electron chi connectivity index (χ4n) is 1.91. The van der Waals surface area contributed by atoms with Gasteiger partial charge in [-0.15, -0.1) is 0 Å². The van der Waals surface area contributed by atoms with E-state index in [0.29, 0.717) is 18.9 Å². The third-order valence-corrected chi connectivity index (χ3v) is 3.69. The van der Waals surface area contributed by atoms with Gasteiger partial charge in [-0.2, -0.15) is 0 Å². The zero-order valence-electron chi connectivity index (χ0n) is 11.0. The van der Waals surface area contributed by atoms with Gasteiger partial charge in [-0.3, -0.25) is 9.59 Å². The molecule has 0 spiro atoms. The molecule has 1 rings (SSSR count). The molecule has 0 aromatic carbocycles. The van der Waals surface area contributed by atoms with Crippen molar-refractivity contribution in [3.8, 4) is 0 Å². The van der Waals surface area contributed by atoms with Crippen LogP contribution in [0.3, 0.4) is 0 Å². The Hall–Kier alpha value is -0.750. The molecule has 0 radical (unpaired) electrons. The second-order valence-electron chi connectivity index (χ2n) is 4.93. The highest BCUT2D eigenvalue weighted by Crippen LogP contribution is 2.17. The van der Waals surface area contributed by atoms with E-state index in [1.54, 1.807) is 4.90 Å². The number of aliphatic hydroxyl groups is 1. The first-order valence-electron chi connectivity index (χ1n) is 6.35. The number of carbonyl (C=O) groups excluding carboxylic acids is 2. The van der Waals surface area contributed by atoms with E-state index in [-0.39, 0.29) is 23.8 Å². The van der Waals surface area contributed by atoms with Gasteiger partial charge in [0.25, 0.3) is 5.24 Å². The summed E-state index contributed by atoms with van der Waals surface area (Å²) in [6.45, 7) is 5.26. The average molecular weight is 274 g/mol. The summed E-state index contributed by atoms with van der Waals surface area (Å²) in [5.74, 6) is 1.14. The molecule has 1 atom stereocenters. The van der Waals surface area contributed by atoms with Crippen LogP contribution >= 0.6 is 11.8 Å². The van der Waals surface area contributed by atoms with Gasteiger partial charge < -0.3 is 15.3 Å². The summed E-state index contributed by atoms with van der Waals surface area (Å²) in [7, 11) is 0. The van der Waals surface area contributed by atoms with Crippen molar-refractivity contribution in [2.45, 2.75) is 32.7 Å². The highest BCUT2D eigenvalue weighted by molar-refractivity contribution is 8.13. The van der Waals surface area contributed by atoms with Gasteiger partial charge in [0, 0.05) is 25.3 Å². The first-order valence-corrected chi connectivity index (χ1v) is 7.33. The van der Waals surface area contributed by atoms with E-state index in [0.717, 1.165) is 18.7 Å². The minimum atomic E-state index is -0.179. The van der Waals surface area contributed by atoms with Crippen LogP contribution in [0.25, 0.3) is 0 Å². The SMILES string of the molecule is CC(C)CC(CO)NC(=O)CCN1CCSC1=O. The molecule has 2 N–H and O–H groups in total. The fraction of sp³-hybridized carbons (Fsp3) is 0.833. The summed E-state index contributed by atoms with van der Waals surface area (Å²) in [6, 6.07) is -0.179. The summed E-state index contributed by atoms with van der Waals surface area (Å²) >= 11 is 1.30. The van der Waals surface area contributed by atoms with Crippen molar-refractivity contribution in [1.29, 1.82) is 0 Å². The molecular formula is C12H22N2O3S. The van der Waals surface area contributed by atoms with Crippen LogP contribution in [-0.2, 0) is 4.79 Å². The molecule has 1 fully saturated rings. The Morgan fingerprint density at radius 1 is 1.56 bits per heavy atom. The van der Waals surface area contributed by atoms with Crippen molar-refractivity contribution >= 4 is 22.9 Å². The molecule has 1 heterocycles. The van der Waals surface area contributed by atoms with Crippen LogP contribution in [0.4, 0.5) is 4.79 Å². The Labute approximate surface area is 112 Å². The van der Waals surface area contributed by atoms with Gasteiger partial charge in [-0.1, -0.05) is 25.6 Å². The van der Waals surface area contributed by atoms with E-state index in [4.69, 9.17) is 5.11 Å². The molecule has 2 amide bonds. The van der Waals surface area contributed by atoms with E-state index >= 15 is 0 Å². The topological polar surface area (TPSA) is 69.6 Å². The van der Waals surface area contributed by atoms with E-state index in [1.165, 1.54) is 11.8 Å². The molecule has 0 aromatic rings. The molecule has 1 unspecified atom stereocenters. The molecule has 1 saturated heterocycles. The van der Waals surface area contributed by atoms with Gasteiger partial charge in [0.05, 0.1) is 12.6 Å². The molecule has 0 saturated carbocycles. The number of nitrogens with zero attached hydrogens (tertiary/aromatic N) is 1. The number of carbonyl (C=O) groups is 2. The molecule has 104 valence electrons. The van der Waals surface area contributed by atoms with Crippen LogP contribution in [0.5, 0.6) is 0 Å². The maximum atomic E-state index is 11.7. The number of hydrogen-bond acceptors (Lipinski definition) is 4. The summed E-state index contributed by atoms with van der Waals surface area (Å²) in [5, 5.41) is 12.0. The maximum absolute atomic E-state index is 11.7. The number of amides is 2. The number of aliphatic hydroxyl groups excluding tert-OH is 1. The van der Waals surface area contributed by atoms with Crippen molar-refractivity contribution in [2.24, 2.45) is 5.92 Å². The largest absolute Gasteiger partial charge is 0.394 e. The number of nitrogens with one attached hydrogen (secondary N) is 1. The van der Waals surface area contributed by atoms with E-state index in [1.807, 2.05) is 0 Å². The number of hydrogen-bond donors (Lipinski definition) is 2. The Morgan fingerprint density at radius 3 is 2.78 bits per heavy atom. The van der Waals surface area contributed by atoms with Crippen molar-refractivity contribution < 1.29 is 14.7 Å². The lowest BCUT2D eigenvalue weighted by atomic mass is 10.0. The number of rotatable bonds is 7. The van der Waals surface area contributed by atoms with Crippen LogP contribution in [0.15, 0.2) is 0 Å². The van der Waals surface area contributed by atoms with Gasteiger partial charge in [-0.05, 0) is 12.3 Å². The van der Waals surface area contributed by atoms with Crippen molar-refractivity contribution in [3.63, 3.8) is 0 Å². The van der Waals surface area contributed by atoms with Gasteiger partial charge in [-0.25, -0.2) is 0 Å². The molecule has 5 nitrogen and oxygen atoms in total. The standard InChI is InChI=1S/C12H22N2O3S/c1-9(2)7-10(8-15)13-11(16)3-4-14-5-6-18-12(14)17/h9-10,15H,3-8H2,1-2H3,(H,13,16). The quantitative estimate of drug-likeness (QED) is 0.728. The lowest BCUT2D eigenvalue weighted by Crippen LogP contribution is -2.40. The predicted molar refractivity (Wildman–Crippen MR) is 72.5 cm³/mol. The van der Waals surface area contributed by atoms with Gasteiger partial charge in [0.15, 0.2) is 0 Å². The molecule has 0 aliphatic carbocycles. The highest BCUT2D eigenvalue weighted by atomic mass is 32.2. The normalized spacial score (nSPS) is 17.3. The lowest BCUT2D eigenvalue weighted by Gasteiger charge is -2.19. The molecular weight excluding hydrogens is 252 g/mol. The van der Waals surface area contributed by atoms with Crippen LogP contribution < -0.4 is 5.32 Å². The van der Waals surface area contributed by atoms with E-state index < -0.39 is 0 Å². The maximum Gasteiger partial charge on any atom is 0.281 e. The highest BCUT2D eigenvalue weighted by Gasteiger charge is 2.21. The Bertz CT molecular complexity index is 297. The zero-order chi connectivity index (χ0) is 13.5. The second kappa shape index (κ2) is 7.63. The molecule has 1 aliphatic heterocycles. The third-order valence-electron chi connectivity index (χ3n) is 2.80. The van der Waals surface area contributed by atoms with Crippen molar-refractivity contribution in [1.82, 2.24) is 10.2 Å². The fourth-order valence-corrected chi connectivity index (χ4v) is 2.76. The van der Waals surface area contributed by atoms with Gasteiger partial charge in [0.2, 0.25) is 5.91 Å². The van der Waals surface area contributed by atoms with Crippen LogP contribution in [0.1, 0.15) is 26.7 Å². The van der Waals surface area contributed by atoms with E-state index in [9.17, 15) is 9.59 Å². The molecule has 0 aromatic heterocycles. The second-order valence-corrected chi connectivity index (χ2v) is 5.97. The summed E-state index contributed by atoms with van der Waals surface area (Å²) < 4.78 is 0. The molecule has 6 heteroatoms. The summed E-state index contributed by atoms with van der Waals surface area (Å²) in [5.41, 5.74) is 0. The predicted octanol–water partition coefficient (Wildman–Crippen LogP) is 1.07. The Balaban J connectivity index is 2.25. The molecule has 1 aliphatic rings. The van der Waals surface area contributed by atoms with E-state index in [2.05, 4.69) is 19.2 Å². The average Bonchev–Trinajstić information content (AvgIpc) is 2.70. The third kappa shape index (κ3) is 5.27. The lowest BCUT2D eigenvalue weighted by molar-refractivity contribution is -0.122. The van der Waals surface area contributed by atoms with Crippen LogP contribution in [0.2, 0.25) is 0 Å². The van der Waals surface area contributed by atoms with Crippen molar-refractivity contribution in [2.75, 3.05) is 25.4 Å².